The largest absolute Gasteiger partial charge is 0.494 e. The fraction of sp³-hybridized carbons (Fsp3) is 0.357. The summed E-state index contributed by atoms with van der Waals surface area (Å²) in [6.07, 6.45) is 3.11. The molecule has 0 bridgehead atoms. The van der Waals surface area contributed by atoms with Crippen LogP contribution in [0.2, 0.25) is 0 Å². The number of methoxy groups -OCH3 is 1. The topological polar surface area (TPSA) is 101 Å². The molecule has 10 nitrogen and oxygen atoms in total. The maximum absolute atomic E-state index is 13.8. The number of pyridine rings is 1. The van der Waals surface area contributed by atoms with Gasteiger partial charge in [-0.3, -0.25) is 13.7 Å². The molecule has 216 valence electrons. The molecule has 1 aromatic carbocycles. The van der Waals surface area contributed by atoms with Gasteiger partial charge in [-0.05, 0) is 48.6 Å². The molecule has 0 aliphatic carbocycles. The molecular formula is C28H32N6O4S3. The summed E-state index contributed by atoms with van der Waals surface area (Å²) in [4.78, 5) is 23.1. The van der Waals surface area contributed by atoms with Crippen molar-refractivity contribution in [3.05, 3.63) is 57.3 Å². The van der Waals surface area contributed by atoms with Crippen LogP contribution in [-0.2, 0) is 9.84 Å². The first-order valence-corrected chi connectivity index (χ1v) is 16.6. The van der Waals surface area contributed by atoms with E-state index in [1.807, 2.05) is 42.8 Å². The number of thiophene rings is 1. The summed E-state index contributed by atoms with van der Waals surface area (Å²) in [6, 6.07) is 7.95. The van der Waals surface area contributed by atoms with Crippen molar-refractivity contribution in [1.29, 1.82) is 0 Å². The highest BCUT2D eigenvalue weighted by Gasteiger charge is 2.23. The van der Waals surface area contributed by atoms with Crippen LogP contribution in [0.4, 0.5) is 17.3 Å². The van der Waals surface area contributed by atoms with Crippen LogP contribution in [0.15, 0.2) is 40.6 Å². The van der Waals surface area contributed by atoms with Gasteiger partial charge in [-0.15, -0.1) is 11.3 Å². The van der Waals surface area contributed by atoms with E-state index in [9.17, 15) is 13.2 Å². The van der Waals surface area contributed by atoms with Gasteiger partial charge in [0, 0.05) is 67.7 Å². The van der Waals surface area contributed by atoms with Crippen molar-refractivity contribution in [2.75, 3.05) is 62.1 Å². The smallest absolute Gasteiger partial charge is 0.275 e. The van der Waals surface area contributed by atoms with Crippen LogP contribution < -0.4 is 20.5 Å². The third-order valence-corrected chi connectivity index (χ3v) is 9.97. The Balaban J connectivity index is 1.38. The Morgan fingerprint density at radius 2 is 1.88 bits per heavy atom. The van der Waals surface area contributed by atoms with Gasteiger partial charge in [0.15, 0.2) is 5.65 Å². The number of aryl methyl sites for hydroxylation is 2. The molecular weight excluding hydrogens is 581 g/mol. The summed E-state index contributed by atoms with van der Waals surface area (Å²) in [5.41, 5.74) is 5.12. The number of hydrogen-bond donors (Lipinski definition) is 2. The van der Waals surface area contributed by atoms with Gasteiger partial charge in [0.05, 0.1) is 24.1 Å². The number of thiol groups is 1. The van der Waals surface area contributed by atoms with Crippen molar-refractivity contribution >= 4 is 77.9 Å². The van der Waals surface area contributed by atoms with Gasteiger partial charge >= 0.3 is 0 Å². The number of sulfone groups is 1. The van der Waals surface area contributed by atoms with Crippen molar-refractivity contribution in [1.82, 2.24) is 18.3 Å². The van der Waals surface area contributed by atoms with E-state index in [0.717, 1.165) is 59.3 Å². The molecule has 1 N–H and O–H groups in total. The number of nitrogens with one attached hydrogen (secondary N) is 1. The van der Waals surface area contributed by atoms with Crippen molar-refractivity contribution in [3.8, 4) is 5.75 Å². The van der Waals surface area contributed by atoms with Crippen LogP contribution in [0.1, 0.15) is 11.1 Å². The lowest BCUT2D eigenvalue weighted by atomic mass is 10.1. The molecule has 41 heavy (non-hydrogen) atoms. The van der Waals surface area contributed by atoms with Gasteiger partial charge in [0.2, 0.25) is 5.95 Å². The second kappa shape index (κ2) is 10.5. The normalized spacial score (nSPS) is 14.9. The highest BCUT2D eigenvalue weighted by molar-refractivity contribution is 7.90. The Labute approximate surface area is 247 Å². The summed E-state index contributed by atoms with van der Waals surface area (Å²) in [6.45, 7) is 7.78. The predicted molar refractivity (Wildman–Crippen MR) is 171 cm³/mol. The maximum atomic E-state index is 13.8. The zero-order valence-corrected chi connectivity index (χ0v) is 25.9. The highest BCUT2D eigenvalue weighted by Crippen LogP contribution is 2.37. The van der Waals surface area contributed by atoms with Crippen LogP contribution in [-0.4, -0.2) is 78.5 Å². The number of aromatic nitrogens is 3. The number of hydrogen-bond acceptors (Lipinski definition) is 10. The van der Waals surface area contributed by atoms with Gasteiger partial charge < -0.3 is 15.0 Å². The summed E-state index contributed by atoms with van der Waals surface area (Å²) >= 11 is 5.99. The fourth-order valence-corrected chi connectivity index (χ4v) is 7.34. The van der Waals surface area contributed by atoms with Crippen molar-refractivity contribution in [2.24, 2.45) is 0 Å². The highest BCUT2D eigenvalue weighted by atomic mass is 32.2. The van der Waals surface area contributed by atoms with E-state index >= 15 is 0 Å². The molecule has 1 aliphatic heterocycles. The molecule has 6 rings (SSSR count). The van der Waals surface area contributed by atoms with Gasteiger partial charge in [0.1, 0.15) is 20.3 Å². The number of rotatable bonds is 7. The van der Waals surface area contributed by atoms with Crippen molar-refractivity contribution in [2.45, 2.75) is 13.8 Å². The lowest BCUT2D eigenvalue weighted by molar-refractivity contribution is 0.272. The van der Waals surface area contributed by atoms with Gasteiger partial charge in [0.25, 0.3) is 5.56 Å². The Morgan fingerprint density at radius 1 is 1.12 bits per heavy atom. The van der Waals surface area contributed by atoms with E-state index in [2.05, 4.69) is 34.9 Å². The maximum Gasteiger partial charge on any atom is 0.275 e. The molecule has 5 aromatic rings. The summed E-state index contributed by atoms with van der Waals surface area (Å²) in [5, 5.41) is 7.14. The molecule has 1 fully saturated rings. The molecule has 0 radical (unpaired) electrons. The minimum atomic E-state index is -2.98. The second-order valence-corrected chi connectivity index (χ2v) is 14.1. The molecule has 0 unspecified atom stereocenters. The average Bonchev–Trinajstić information content (AvgIpc) is 3.58. The molecule has 0 amide bonds. The molecule has 0 atom stereocenters. The lowest BCUT2D eigenvalue weighted by Gasteiger charge is -2.37. The SMILES string of the molecule is COc1cc(N2CCN(CCS(C)(=O)=O)CC2)c(C)cc1Nc1nc2c(ccn2S)c2c(C)c3ccsc3c(=O)n12. The van der Waals surface area contributed by atoms with E-state index < -0.39 is 9.84 Å². The van der Waals surface area contributed by atoms with Crippen LogP contribution in [0, 0.1) is 13.8 Å². The monoisotopic (exact) mass is 612 g/mol. The van der Waals surface area contributed by atoms with Crippen molar-refractivity contribution < 1.29 is 13.2 Å². The summed E-state index contributed by atoms with van der Waals surface area (Å²) < 4.78 is 33.0. The third-order valence-electron chi connectivity index (χ3n) is 7.82. The van der Waals surface area contributed by atoms with Crippen LogP contribution in [0.3, 0.4) is 0 Å². The number of ether oxygens (including phenoxy) is 1. The fourth-order valence-electron chi connectivity index (χ4n) is 5.65. The van der Waals surface area contributed by atoms with E-state index in [1.165, 1.54) is 17.6 Å². The Kier molecular flexibility index (Phi) is 7.17. The number of nitrogens with zero attached hydrogens (tertiary/aromatic N) is 5. The van der Waals surface area contributed by atoms with Crippen molar-refractivity contribution in [3.63, 3.8) is 0 Å². The zero-order chi connectivity index (χ0) is 29.1. The van der Waals surface area contributed by atoms with Gasteiger partial charge in [-0.25, -0.2) is 12.8 Å². The average molecular weight is 613 g/mol. The van der Waals surface area contributed by atoms with Crippen LogP contribution in [0.25, 0.3) is 26.6 Å². The van der Waals surface area contributed by atoms with E-state index in [1.54, 1.807) is 15.5 Å². The van der Waals surface area contributed by atoms with Crippen LogP contribution in [0.5, 0.6) is 5.75 Å². The molecule has 1 aliphatic rings. The molecule has 13 heteroatoms. The third kappa shape index (κ3) is 5.05. The number of anilines is 3. The molecule has 4 aromatic heterocycles. The predicted octanol–water partition coefficient (Wildman–Crippen LogP) is 4.09. The standard InChI is InChI=1S/C28H32N6O4S3/c1-17-15-21(23(38-3)16-22(17)32-10-8-31(9-11-32)12-14-41(4,36)37)29-28-30-26-20(5-7-33(26)39)24-18(2)19-6-13-40-25(19)27(35)34(24)28/h5-7,13,15-16,39H,8-12,14H2,1-4H3,(H,29,30). The molecule has 5 heterocycles. The number of fused-ring (bicyclic) bond motifs is 4. The second-order valence-electron chi connectivity index (χ2n) is 10.5. The minimum Gasteiger partial charge on any atom is -0.494 e. The van der Waals surface area contributed by atoms with Crippen LogP contribution >= 0.6 is 24.2 Å². The molecule has 0 spiro atoms. The molecule has 0 saturated carbocycles. The van der Waals surface area contributed by atoms with Gasteiger partial charge in [-0.2, -0.15) is 4.98 Å². The van der Waals surface area contributed by atoms with Gasteiger partial charge in [-0.1, -0.05) is 12.8 Å². The van der Waals surface area contributed by atoms with E-state index in [-0.39, 0.29) is 11.3 Å². The Morgan fingerprint density at radius 3 is 2.59 bits per heavy atom. The quantitative estimate of drug-likeness (QED) is 0.265. The minimum absolute atomic E-state index is 0.125. The summed E-state index contributed by atoms with van der Waals surface area (Å²) in [5.74, 6) is 1.19. The first-order valence-electron chi connectivity index (χ1n) is 13.3. The number of piperazine rings is 1. The number of benzene rings is 1. The first-order chi connectivity index (χ1) is 19.6. The van der Waals surface area contributed by atoms with E-state index in [4.69, 9.17) is 9.72 Å². The van der Waals surface area contributed by atoms with E-state index in [0.29, 0.717) is 34.3 Å². The lowest BCUT2D eigenvalue weighted by Crippen LogP contribution is -2.47. The summed E-state index contributed by atoms with van der Waals surface area (Å²) in [7, 11) is -1.36. The molecule has 1 saturated heterocycles. The first kappa shape index (κ1) is 27.9. The Bertz CT molecular complexity index is 1970. The Hall–Kier alpha value is -3.26. The zero-order valence-electron chi connectivity index (χ0n) is 23.3.